The smallest absolute Gasteiger partial charge is 0.229 e. The molecule has 0 N–H and O–H groups in total. The van der Waals surface area contributed by atoms with Gasteiger partial charge in [-0.05, 0) is 23.8 Å². The summed E-state index contributed by atoms with van der Waals surface area (Å²) in [5, 5.41) is 10.1. The number of rotatable bonds is 4. The molecule has 0 spiro atoms. The summed E-state index contributed by atoms with van der Waals surface area (Å²) in [7, 11) is 0. The summed E-state index contributed by atoms with van der Waals surface area (Å²) in [4.78, 5) is 19.0. The minimum absolute atomic E-state index is 0.213. The molecule has 0 saturated carbocycles. The number of pyridine rings is 1. The second kappa shape index (κ2) is 8.42. The van der Waals surface area contributed by atoms with Crippen LogP contribution in [0.4, 0.5) is 11.5 Å². The summed E-state index contributed by atoms with van der Waals surface area (Å²) in [6.07, 6.45) is 0. The highest BCUT2D eigenvalue weighted by molar-refractivity contribution is 6.01. The number of benzene rings is 3. The Hall–Kier alpha value is -4.23. The van der Waals surface area contributed by atoms with Crippen molar-refractivity contribution in [2.24, 2.45) is 0 Å². The third-order valence-corrected chi connectivity index (χ3v) is 4.81. The van der Waals surface area contributed by atoms with Crippen LogP contribution in [0.15, 0.2) is 97.1 Å². The number of hydrogen-bond donors (Lipinski definition) is 0. The molecule has 4 rings (SSSR count). The van der Waals surface area contributed by atoms with Crippen molar-refractivity contribution < 1.29 is 4.79 Å². The van der Waals surface area contributed by atoms with Crippen LogP contribution in [0.3, 0.4) is 0 Å². The van der Waals surface area contributed by atoms with Crippen molar-refractivity contribution >= 4 is 17.4 Å². The Balaban J connectivity index is 2.04. The maximum atomic E-state index is 12.7. The third kappa shape index (κ3) is 3.69. The lowest BCUT2D eigenvalue weighted by atomic mass is 9.98. The fourth-order valence-electron chi connectivity index (χ4n) is 3.44. The molecule has 4 nitrogen and oxygen atoms in total. The molecule has 4 heteroatoms. The van der Waals surface area contributed by atoms with Crippen molar-refractivity contribution in [3.05, 3.63) is 103 Å². The maximum Gasteiger partial charge on any atom is 0.229 e. The van der Waals surface area contributed by atoms with Crippen LogP contribution in [0.1, 0.15) is 12.5 Å². The number of aromatic nitrogens is 1. The van der Waals surface area contributed by atoms with Crippen molar-refractivity contribution in [1.82, 2.24) is 4.98 Å². The second-order valence-corrected chi connectivity index (χ2v) is 6.79. The molecule has 1 heterocycles. The van der Waals surface area contributed by atoms with Gasteiger partial charge < -0.3 is 0 Å². The minimum Gasteiger partial charge on any atom is -0.274 e. The van der Waals surface area contributed by atoms with E-state index < -0.39 is 0 Å². The zero-order chi connectivity index (χ0) is 20.9. The number of para-hydroxylation sites is 1. The van der Waals surface area contributed by atoms with Gasteiger partial charge >= 0.3 is 0 Å². The van der Waals surface area contributed by atoms with Crippen LogP contribution < -0.4 is 4.90 Å². The van der Waals surface area contributed by atoms with Crippen molar-refractivity contribution in [1.29, 1.82) is 5.26 Å². The number of nitriles is 1. The van der Waals surface area contributed by atoms with Gasteiger partial charge in [0.15, 0.2) is 5.82 Å². The zero-order valence-corrected chi connectivity index (χ0v) is 16.5. The summed E-state index contributed by atoms with van der Waals surface area (Å²) < 4.78 is 0. The van der Waals surface area contributed by atoms with E-state index in [9.17, 15) is 10.1 Å². The van der Waals surface area contributed by atoms with E-state index in [2.05, 4.69) is 6.07 Å². The van der Waals surface area contributed by atoms with E-state index in [4.69, 9.17) is 4.98 Å². The van der Waals surface area contributed by atoms with Crippen molar-refractivity contribution in [2.45, 2.75) is 6.92 Å². The molecule has 0 aliphatic rings. The van der Waals surface area contributed by atoms with Crippen LogP contribution in [0.25, 0.3) is 22.4 Å². The molecular formula is C26H19N3O. The van der Waals surface area contributed by atoms with E-state index in [-0.39, 0.29) is 5.91 Å². The Labute approximate surface area is 175 Å². The first kappa shape index (κ1) is 19.1. The fraction of sp³-hybridized carbons (Fsp3) is 0.0385. The van der Waals surface area contributed by atoms with Gasteiger partial charge in [0.1, 0.15) is 11.6 Å². The molecule has 0 aliphatic heterocycles. The highest BCUT2D eigenvalue weighted by atomic mass is 16.2. The second-order valence-electron chi connectivity index (χ2n) is 6.79. The molecule has 0 unspecified atom stereocenters. The minimum atomic E-state index is -0.213. The molecular weight excluding hydrogens is 370 g/mol. The molecule has 0 saturated heterocycles. The van der Waals surface area contributed by atoms with Crippen molar-refractivity contribution in [3.8, 4) is 28.5 Å². The van der Waals surface area contributed by atoms with E-state index in [0.29, 0.717) is 22.8 Å². The summed E-state index contributed by atoms with van der Waals surface area (Å²) in [6.45, 7) is 1.48. The highest BCUT2D eigenvalue weighted by Crippen LogP contribution is 2.36. The summed E-state index contributed by atoms with van der Waals surface area (Å²) in [6, 6.07) is 32.9. The van der Waals surface area contributed by atoms with Crippen LogP contribution in [0, 0.1) is 11.3 Å². The molecule has 0 radical (unpaired) electrons. The van der Waals surface area contributed by atoms with Crippen molar-refractivity contribution in [3.63, 3.8) is 0 Å². The summed E-state index contributed by atoms with van der Waals surface area (Å²) >= 11 is 0. The Morgan fingerprint density at radius 1 is 0.833 bits per heavy atom. The first-order valence-corrected chi connectivity index (χ1v) is 9.61. The van der Waals surface area contributed by atoms with Gasteiger partial charge in [0.2, 0.25) is 5.91 Å². The summed E-state index contributed by atoms with van der Waals surface area (Å²) in [5.41, 5.74) is 4.27. The van der Waals surface area contributed by atoms with Gasteiger partial charge in [0.05, 0.1) is 11.4 Å². The predicted octanol–water partition coefficient (Wildman–Crippen LogP) is 5.97. The Morgan fingerprint density at radius 2 is 1.37 bits per heavy atom. The topological polar surface area (TPSA) is 57.0 Å². The SMILES string of the molecule is CC(=O)N(c1ccccc1)c1nc(-c2ccccc2)cc(-c2ccccc2)c1C#N. The van der Waals surface area contributed by atoms with Crippen LogP contribution >= 0.6 is 0 Å². The molecule has 144 valence electrons. The molecule has 30 heavy (non-hydrogen) atoms. The van der Waals surface area contributed by atoms with Crippen LogP contribution in [-0.4, -0.2) is 10.9 Å². The highest BCUT2D eigenvalue weighted by Gasteiger charge is 2.23. The first-order chi connectivity index (χ1) is 14.7. The average Bonchev–Trinajstić information content (AvgIpc) is 2.80. The molecule has 4 aromatic rings. The molecule has 1 amide bonds. The summed E-state index contributed by atoms with van der Waals surface area (Å²) in [5.74, 6) is 0.117. The lowest BCUT2D eigenvalue weighted by Gasteiger charge is -2.23. The number of amides is 1. The normalized spacial score (nSPS) is 10.3. The molecule has 0 atom stereocenters. The quantitative estimate of drug-likeness (QED) is 0.432. The average molecular weight is 389 g/mol. The standard InChI is InChI=1S/C26H19N3O/c1-19(30)29(22-15-9-4-10-16-22)26-24(18-27)23(20-11-5-2-6-12-20)17-25(28-26)21-13-7-3-8-14-21/h2-17H,1H3. The number of carbonyl (C=O) groups excluding carboxylic acids is 1. The van der Waals surface area contributed by atoms with Gasteiger partial charge in [-0.3, -0.25) is 9.69 Å². The molecule has 0 fully saturated rings. The monoisotopic (exact) mass is 389 g/mol. The maximum absolute atomic E-state index is 12.7. The van der Waals surface area contributed by atoms with E-state index >= 15 is 0 Å². The van der Waals surface area contributed by atoms with Gasteiger partial charge in [-0.15, -0.1) is 0 Å². The van der Waals surface area contributed by atoms with Crippen LogP contribution in [-0.2, 0) is 4.79 Å². The Bertz CT molecular complexity index is 1210. The van der Waals surface area contributed by atoms with Crippen LogP contribution in [0.5, 0.6) is 0 Å². The fourth-order valence-corrected chi connectivity index (χ4v) is 3.44. The van der Waals surface area contributed by atoms with Gasteiger partial charge in [-0.1, -0.05) is 78.9 Å². The van der Waals surface area contributed by atoms with E-state index in [0.717, 1.165) is 16.7 Å². The zero-order valence-electron chi connectivity index (χ0n) is 16.5. The van der Waals surface area contributed by atoms with Gasteiger partial charge in [-0.25, -0.2) is 4.98 Å². The first-order valence-electron chi connectivity index (χ1n) is 9.61. The van der Waals surface area contributed by atoms with Gasteiger partial charge in [-0.2, -0.15) is 5.26 Å². The largest absolute Gasteiger partial charge is 0.274 e. The number of nitrogens with zero attached hydrogens (tertiary/aromatic N) is 3. The molecule has 0 bridgehead atoms. The van der Waals surface area contributed by atoms with Gasteiger partial charge in [0, 0.05) is 18.1 Å². The van der Waals surface area contributed by atoms with E-state index in [1.807, 2.05) is 97.1 Å². The number of carbonyl (C=O) groups is 1. The molecule has 3 aromatic carbocycles. The number of anilines is 2. The lowest BCUT2D eigenvalue weighted by Crippen LogP contribution is -2.25. The van der Waals surface area contributed by atoms with Crippen LogP contribution in [0.2, 0.25) is 0 Å². The predicted molar refractivity (Wildman–Crippen MR) is 119 cm³/mol. The lowest BCUT2D eigenvalue weighted by molar-refractivity contribution is -0.115. The third-order valence-electron chi connectivity index (χ3n) is 4.81. The van der Waals surface area contributed by atoms with Gasteiger partial charge in [0.25, 0.3) is 0 Å². The van der Waals surface area contributed by atoms with Crippen molar-refractivity contribution in [2.75, 3.05) is 4.90 Å². The van der Waals surface area contributed by atoms with E-state index in [1.54, 1.807) is 0 Å². The molecule has 0 aliphatic carbocycles. The number of hydrogen-bond acceptors (Lipinski definition) is 3. The van der Waals surface area contributed by atoms with E-state index in [1.165, 1.54) is 11.8 Å². The Morgan fingerprint density at radius 3 is 1.90 bits per heavy atom. The molecule has 1 aromatic heterocycles. The Kier molecular flexibility index (Phi) is 5.36.